The third-order valence-electron chi connectivity index (χ3n) is 4.06. The van der Waals surface area contributed by atoms with Gasteiger partial charge in [-0.3, -0.25) is 4.79 Å². The number of likely N-dealkylation sites (tertiary alicyclic amines) is 1. The van der Waals surface area contributed by atoms with Crippen LogP contribution in [0.25, 0.3) is 0 Å². The summed E-state index contributed by atoms with van der Waals surface area (Å²) in [7, 11) is 0. The van der Waals surface area contributed by atoms with Gasteiger partial charge < -0.3 is 15.2 Å². The van der Waals surface area contributed by atoms with Gasteiger partial charge >= 0.3 is 0 Å². The molecule has 0 unspecified atom stereocenters. The highest BCUT2D eigenvalue weighted by Crippen LogP contribution is 2.22. The van der Waals surface area contributed by atoms with Crippen LogP contribution in [-0.4, -0.2) is 34.5 Å². The van der Waals surface area contributed by atoms with Crippen LogP contribution in [0.3, 0.4) is 0 Å². The van der Waals surface area contributed by atoms with Crippen molar-refractivity contribution in [1.29, 1.82) is 0 Å². The van der Waals surface area contributed by atoms with Crippen molar-refractivity contribution < 1.29 is 4.79 Å². The molecule has 106 valence electrons. The van der Waals surface area contributed by atoms with Crippen molar-refractivity contribution in [2.45, 2.75) is 52.6 Å². The molecular formula is C15H25N3O. The number of aryl methyl sites for hydroxylation is 1. The minimum Gasteiger partial charge on any atom is -0.346 e. The number of nitrogens with two attached hydrogens (primary N) is 1. The number of rotatable bonds is 2. The monoisotopic (exact) mass is 263 g/mol. The summed E-state index contributed by atoms with van der Waals surface area (Å²) in [5.41, 5.74) is 8.97. The van der Waals surface area contributed by atoms with Gasteiger partial charge in [0.25, 0.3) is 5.91 Å². The molecular weight excluding hydrogens is 238 g/mol. The molecule has 0 aromatic carbocycles. The van der Waals surface area contributed by atoms with E-state index in [4.69, 9.17) is 5.73 Å². The first-order chi connectivity index (χ1) is 8.91. The summed E-state index contributed by atoms with van der Waals surface area (Å²) in [6, 6.07) is 2.66. The Morgan fingerprint density at radius 2 is 1.89 bits per heavy atom. The van der Waals surface area contributed by atoms with Crippen molar-refractivity contribution >= 4 is 5.91 Å². The fourth-order valence-electron chi connectivity index (χ4n) is 3.06. The smallest absolute Gasteiger partial charge is 0.255 e. The van der Waals surface area contributed by atoms with Crippen LogP contribution >= 0.6 is 0 Å². The van der Waals surface area contributed by atoms with Crippen molar-refractivity contribution in [3.8, 4) is 0 Å². The molecule has 0 spiro atoms. The maximum absolute atomic E-state index is 12.6. The first-order valence-corrected chi connectivity index (χ1v) is 7.15. The van der Waals surface area contributed by atoms with Gasteiger partial charge in [-0.1, -0.05) is 0 Å². The van der Waals surface area contributed by atoms with Gasteiger partial charge in [-0.15, -0.1) is 0 Å². The Morgan fingerprint density at radius 3 is 2.37 bits per heavy atom. The highest BCUT2D eigenvalue weighted by molar-refractivity contribution is 5.95. The second-order valence-electron chi connectivity index (χ2n) is 5.88. The average Bonchev–Trinajstić information content (AvgIpc) is 2.65. The van der Waals surface area contributed by atoms with Crippen LogP contribution in [0, 0.1) is 13.8 Å². The van der Waals surface area contributed by atoms with Crippen LogP contribution in [0.5, 0.6) is 0 Å². The van der Waals surface area contributed by atoms with Crippen molar-refractivity contribution in [1.82, 2.24) is 9.47 Å². The molecule has 4 nitrogen and oxygen atoms in total. The molecule has 0 saturated carbocycles. The van der Waals surface area contributed by atoms with Gasteiger partial charge in [-0.05, 0) is 46.6 Å². The van der Waals surface area contributed by atoms with E-state index in [9.17, 15) is 4.79 Å². The normalized spacial score (nSPS) is 17.3. The number of aromatic nitrogens is 1. The minimum atomic E-state index is 0.159. The molecule has 1 aliphatic heterocycles. The van der Waals surface area contributed by atoms with Gasteiger partial charge in [0.2, 0.25) is 0 Å². The fraction of sp³-hybridized carbons (Fsp3) is 0.667. The van der Waals surface area contributed by atoms with E-state index in [0.29, 0.717) is 6.04 Å². The number of amides is 1. The van der Waals surface area contributed by atoms with Crippen molar-refractivity contribution in [3.63, 3.8) is 0 Å². The summed E-state index contributed by atoms with van der Waals surface area (Å²) in [6.45, 7) is 9.96. The highest BCUT2D eigenvalue weighted by Gasteiger charge is 2.25. The molecule has 1 saturated heterocycles. The van der Waals surface area contributed by atoms with Gasteiger partial charge in [0, 0.05) is 36.6 Å². The molecule has 2 N–H and O–H groups in total. The van der Waals surface area contributed by atoms with E-state index in [1.54, 1.807) is 0 Å². The largest absolute Gasteiger partial charge is 0.346 e. The summed E-state index contributed by atoms with van der Waals surface area (Å²) in [5.74, 6) is 0.159. The van der Waals surface area contributed by atoms with Gasteiger partial charge in [0.15, 0.2) is 0 Å². The maximum atomic E-state index is 12.6. The topological polar surface area (TPSA) is 51.3 Å². The van der Waals surface area contributed by atoms with Crippen LogP contribution in [0.4, 0.5) is 0 Å². The standard InChI is InChI=1S/C15H25N3O/c1-10(2)18-11(3)9-14(12(18)4)15(19)17-7-5-13(16)6-8-17/h9-10,13H,5-8,16H2,1-4H3. The zero-order chi connectivity index (χ0) is 14.2. The van der Waals surface area contributed by atoms with Gasteiger partial charge in [-0.2, -0.15) is 0 Å². The number of carbonyl (C=O) groups excluding carboxylic acids is 1. The number of hydrogen-bond acceptors (Lipinski definition) is 2. The molecule has 4 heteroatoms. The van der Waals surface area contributed by atoms with E-state index in [2.05, 4.69) is 25.3 Å². The zero-order valence-electron chi connectivity index (χ0n) is 12.4. The van der Waals surface area contributed by atoms with E-state index in [1.165, 1.54) is 0 Å². The first kappa shape index (κ1) is 14.1. The maximum Gasteiger partial charge on any atom is 0.255 e. The Kier molecular flexibility index (Phi) is 3.99. The van der Waals surface area contributed by atoms with Crippen molar-refractivity contribution in [2.24, 2.45) is 5.73 Å². The second-order valence-corrected chi connectivity index (χ2v) is 5.88. The van der Waals surface area contributed by atoms with E-state index >= 15 is 0 Å². The lowest BCUT2D eigenvalue weighted by atomic mass is 10.1. The summed E-state index contributed by atoms with van der Waals surface area (Å²) >= 11 is 0. The predicted octanol–water partition coefficient (Wildman–Crippen LogP) is 2.25. The quantitative estimate of drug-likeness (QED) is 0.889. The molecule has 1 aromatic heterocycles. The Labute approximate surface area is 115 Å². The number of carbonyl (C=O) groups is 1. The van der Waals surface area contributed by atoms with E-state index in [0.717, 1.165) is 42.9 Å². The van der Waals surface area contributed by atoms with Crippen LogP contribution in [0.15, 0.2) is 6.07 Å². The van der Waals surface area contributed by atoms with Crippen molar-refractivity contribution in [3.05, 3.63) is 23.0 Å². The predicted molar refractivity (Wildman–Crippen MR) is 77.4 cm³/mol. The Bertz CT molecular complexity index is 468. The Morgan fingerprint density at radius 1 is 1.32 bits per heavy atom. The average molecular weight is 263 g/mol. The van der Waals surface area contributed by atoms with E-state index < -0.39 is 0 Å². The van der Waals surface area contributed by atoms with E-state index in [1.807, 2.05) is 17.9 Å². The number of hydrogen-bond donors (Lipinski definition) is 1. The highest BCUT2D eigenvalue weighted by atomic mass is 16.2. The minimum absolute atomic E-state index is 0.159. The molecule has 0 atom stereocenters. The van der Waals surface area contributed by atoms with E-state index in [-0.39, 0.29) is 11.9 Å². The second kappa shape index (κ2) is 5.37. The SMILES string of the molecule is Cc1cc(C(=O)N2CCC(N)CC2)c(C)n1C(C)C. The van der Waals surface area contributed by atoms with Gasteiger partial charge in [-0.25, -0.2) is 0 Å². The lowest BCUT2D eigenvalue weighted by Gasteiger charge is -2.30. The molecule has 2 rings (SSSR count). The zero-order valence-corrected chi connectivity index (χ0v) is 12.4. The molecule has 0 radical (unpaired) electrons. The molecule has 1 amide bonds. The van der Waals surface area contributed by atoms with Crippen LogP contribution < -0.4 is 5.73 Å². The number of nitrogens with zero attached hydrogens (tertiary/aromatic N) is 2. The molecule has 2 heterocycles. The Hall–Kier alpha value is -1.29. The third kappa shape index (κ3) is 2.68. The Balaban J connectivity index is 2.22. The fourth-order valence-corrected chi connectivity index (χ4v) is 3.06. The molecule has 1 aliphatic rings. The molecule has 0 bridgehead atoms. The number of piperidine rings is 1. The van der Waals surface area contributed by atoms with Crippen LogP contribution in [-0.2, 0) is 0 Å². The van der Waals surface area contributed by atoms with Crippen molar-refractivity contribution in [2.75, 3.05) is 13.1 Å². The lowest BCUT2D eigenvalue weighted by Crippen LogP contribution is -2.43. The first-order valence-electron chi connectivity index (χ1n) is 7.15. The van der Waals surface area contributed by atoms with Crippen LogP contribution in [0.2, 0.25) is 0 Å². The van der Waals surface area contributed by atoms with Gasteiger partial charge in [0.05, 0.1) is 5.56 Å². The third-order valence-corrected chi connectivity index (χ3v) is 4.06. The molecule has 1 aromatic rings. The summed E-state index contributed by atoms with van der Waals surface area (Å²) in [6.07, 6.45) is 1.82. The van der Waals surface area contributed by atoms with Crippen LogP contribution in [0.1, 0.15) is 54.5 Å². The molecule has 0 aliphatic carbocycles. The van der Waals surface area contributed by atoms with Gasteiger partial charge in [0.1, 0.15) is 0 Å². The summed E-state index contributed by atoms with van der Waals surface area (Å²) in [4.78, 5) is 14.5. The summed E-state index contributed by atoms with van der Waals surface area (Å²) in [5, 5.41) is 0. The molecule has 19 heavy (non-hydrogen) atoms. The summed E-state index contributed by atoms with van der Waals surface area (Å²) < 4.78 is 2.23. The molecule has 1 fully saturated rings. The lowest BCUT2D eigenvalue weighted by molar-refractivity contribution is 0.0714.